The largest absolute Gasteiger partial charge is 0.392 e. The average Bonchev–Trinajstić information content (AvgIpc) is 2.41. The maximum atomic E-state index is 12.7. The van der Waals surface area contributed by atoms with Gasteiger partial charge in [0.1, 0.15) is 0 Å². The van der Waals surface area contributed by atoms with Gasteiger partial charge in [0.25, 0.3) is 0 Å². The molecule has 0 spiro atoms. The Morgan fingerprint density at radius 2 is 1.90 bits per heavy atom. The Morgan fingerprint density at radius 3 is 2.50 bits per heavy atom. The van der Waals surface area contributed by atoms with Crippen LogP contribution in [-0.2, 0) is 10.0 Å². The Morgan fingerprint density at radius 1 is 1.25 bits per heavy atom. The molecular weight excluding hydrogens is 274 g/mol. The number of aliphatic hydroxyl groups excluding tert-OH is 1. The normalized spacial score (nSPS) is 24.8. The zero-order valence-electron chi connectivity index (χ0n) is 12.1. The predicted molar refractivity (Wildman–Crippen MR) is 79.0 cm³/mol. The summed E-state index contributed by atoms with van der Waals surface area (Å²) >= 11 is 0. The Balaban J connectivity index is 2.31. The van der Waals surface area contributed by atoms with Gasteiger partial charge < -0.3 is 5.11 Å². The Kier molecular flexibility index (Phi) is 4.83. The molecule has 4 nitrogen and oxygen atoms in total. The summed E-state index contributed by atoms with van der Waals surface area (Å²) in [6, 6.07) is 6.92. The van der Waals surface area contributed by atoms with Gasteiger partial charge in [-0.2, -0.15) is 4.31 Å². The molecule has 0 aromatic heterocycles. The van der Waals surface area contributed by atoms with E-state index >= 15 is 0 Å². The summed E-state index contributed by atoms with van der Waals surface area (Å²) < 4.78 is 27.0. The first-order valence-electron chi connectivity index (χ1n) is 7.21. The van der Waals surface area contributed by atoms with Crippen LogP contribution in [0.2, 0.25) is 0 Å². The van der Waals surface area contributed by atoms with Crippen LogP contribution < -0.4 is 0 Å². The van der Waals surface area contributed by atoms with Gasteiger partial charge in [0.15, 0.2) is 0 Å². The smallest absolute Gasteiger partial charge is 0.243 e. The number of β-amino-alcohol motifs (C(OH)–C–C–N with tert-alkyl or cyclic N) is 1. The number of sulfonamides is 1. The summed E-state index contributed by atoms with van der Waals surface area (Å²) in [7, 11) is -3.51. The number of aryl methyl sites for hydroxylation is 1. The van der Waals surface area contributed by atoms with Crippen LogP contribution >= 0.6 is 0 Å². The molecule has 5 heteroatoms. The first-order chi connectivity index (χ1) is 9.45. The summed E-state index contributed by atoms with van der Waals surface area (Å²) in [4.78, 5) is 0.318. The lowest BCUT2D eigenvalue weighted by atomic mass is 9.99. The fourth-order valence-corrected chi connectivity index (χ4v) is 4.46. The lowest BCUT2D eigenvalue weighted by Crippen LogP contribution is -2.48. The van der Waals surface area contributed by atoms with Crippen LogP contribution in [0.4, 0.5) is 0 Å². The van der Waals surface area contributed by atoms with Crippen LogP contribution in [0.25, 0.3) is 0 Å². The van der Waals surface area contributed by atoms with Crippen molar-refractivity contribution in [1.29, 1.82) is 0 Å². The van der Waals surface area contributed by atoms with Crippen molar-refractivity contribution in [2.75, 3.05) is 6.54 Å². The standard InChI is InChI=1S/C15H23NO3S/c1-3-4-13-7-8-14(17)11-16(13)20(18,19)15-9-5-12(2)6-10-15/h5-6,9-10,13-14,17H,3-4,7-8,11H2,1-2H3/t13-,14-/m0/s1. The lowest BCUT2D eigenvalue weighted by Gasteiger charge is -2.37. The van der Waals surface area contributed by atoms with Crippen molar-refractivity contribution in [2.24, 2.45) is 0 Å². The van der Waals surface area contributed by atoms with E-state index in [1.54, 1.807) is 12.1 Å². The Labute approximate surface area is 121 Å². The number of piperidine rings is 1. The summed E-state index contributed by atoms with van der Waals surface area (Å²) in [5, 5.41) is 9.81. The second-order valence-electron chi connectivity index (χ2n) is 5.56. The van der Waals surface area contributed by atoms with Gasteiger partial charge in [0.2, 0.25) is 10.0 Å². The maximum Gasteiger partial charge on any atom is 0.243 e. The zero-order chi connectivity index (χ0) is 14.8. The first-order valence-corrected chi connectivity index (χ1v) is 8.65. The molecule has 0 radical (unpaired) electrons. The van der Waals surface area contributed by atoms with Gasteiger partial charge in [0.05, 0.1) is 11.0 Å². The highest BCUT2D eigenvalue weighted by molar-refractivity contribution is 7.89. The molecular formula is C15H23NO3S. The van der Waals surface area contributed by atoms with E-state index in [2.05, 4.69) is 6.92 Å². The Bertz CT molecular complexity index is 539. The minimum Gasteiger partial charge on any atom is -0.392 e. The van der Waals surface area contributed by atoms with Gasteiger partial charge in [0, 0.05) is 12.6 Å². The van der Waals surface area contributed by atoms with Gasteiger partial charge in [-0.05, 0) is 38.3 Å². The molecule has 1 heterocycles. The lowest BCUT2D eigenvalue weighted by molar-refractivity contribution is 0.0779. The molecule has 1 aliphatic rings. The molecule has 1 N–H and O–H groups in total. The van der Waals surface area contributed by atoms with Crippen molar-refractivity contribution < 1.29 is 13.5 Å². The molecule has 1 fully saturated rings. The summed E-state index contributed by atoms with van der Waals surface area (Å²) in [6.45, 7) is 4.20. The van der Waals surface area contributed by atoms with Crippen molar-refractivity contribution in [1.82, 2.24) is 4.31 Å². The van der Waals surface area contributed by atoms with E-state index < -0.39 is 16.1 Å². The molecule has 2 rings (SSSR count). The molecule has 0 unspecified atom stereocenters. The van der Waals surface area contributed by atoms with Gasteiger partial charge in [-0.25, -0.2) is 8.42 Å². The van der Waals surface area contributed by atoms with Crippen LogP contribution in [0.15, 0.2) is 29.2 Å². The van der Waals surface area contributed by atoms with Crippen molar-refractivity contribution in [3.8, 4) is 0 Å². The molecule has 20 heavy (non-hydrogen) atoms. The molecule has 112 valence electrons. The van der Waals surface area contributed by atoms with Crippen LogP contribution in [-0.4, -0.2) is 36.5 Å². The predicted octanol–water partition coefficient (Wildman–Crippen LogP) is 2.31. The third kappa shape index (κ3) is 3.22. The van der Waals surface area contributed by atoms with Crippen molar-refractivity contribution in [2.45, 2.75) is 56.6 Å². The van der Waals surface area contributed by atoms with Crippen molar-refractivity contribution in [3.63, 3.8) is 0 Å². The van der Waals surface area contributed by atoms with Crippen molar-refractivity contribution >= 4 is 10.0 Å². The molecule has 1 saturated heterocycles. The molecule has 1 aliphatic heterocycles. The number of benzene rings is 1. The first kappa shape index (κ1) is 15.5. The van der Waals surface area contributed by atoms with E-state index in [0.717, 1.165) is 24.8 Å². The second kappa shape index (κ2) is 6.24. The SMILES string of the molecule is CCC[C@H]1CC[C@H](O)CN1S(=O)(=O)c1ccc(C)cc1. The second-order valence-corrected chi connectivity index (χ2v) is 7.45. The number of hydrogen-bond acceptors (Lipinski definition) is 3. The number of aliphatic hydroxyl groups is 1. The number of rotatable bonds is 4. The maximum absolute atomic E-state index is 12.7. The highest BCUT2D eigenvalue weighted by Gasteiger charge is 2.35. The highest BCUT2D eigenvalue weighted by atomic mass is 32.2. The summed E-state index contributed by atoms with van der Waals surface area (Å²) in [6.07, 6.45) is 2.66. The average molecular weight is 297 g/mol. The third-order valence-corrected chi connectivity index (χ3v) is 5.81. The quantitative estimate of drug-likeness (QED) is 0.928. The van der Waals surface area contributed by atoms with E-state index in [0.29, 0.717) is 11.3 Å². The molecule has 0 amide bonds. The molecule has 0 bridgehead atoms. The van der Waals surface area contributed by atoms with E-state index in [4.69, 9.17) is 0 Å². The molecule has 0 aliphatic carbocycles. The highest BCUT2D eigenvalue weighted by Crippen LogP contribution is 2.28. The minimum atomic E-state index is -3.51. The summed E-state index contributed by atoms with van der Waals surface area (Å²) in [5.41, 5.74) is 1.03. The summed E-state index contributed by atoms with van der Waals surface area (Å²) in [5.74, 6) is 0. The molecule has 1 aromatic carbocycles. The van der Waals surface area contributed by atoms with Crippen LogP contribution in [0.3, 0.4) is 0 Å². The van der Waals surface area contributed by atoms with Gasteiger partial charge >= 0.3 is 0 Å². The van der Waals surface area contributed by atoms with Crippen LogP contribution in [0.5, 0.6) is 0 Å². The van der Waals surface area contributed by atoms with Gasteiger partial charge in [-0.3, -0.25) is 0 Å². The van der Waals surface area contributed by atoms with Gasteiger partial charge in [-0.1, -0.05) is 31.0 Å². The van der Waals surface area contributed by atoms with Gasteiger partial charge in [-0.15, -0.1) is 0 Å². The van der Waals surface area contributed by atoms with E-state index in [9.17, 15) is 13.5 Å². The fraction of sp³-hybridized carbons (Fsp3) is 0.600. The van der Waals surface area contributed by atoms with E-state index in [1.807, 2.05) is 19.1 Å². The van der Waals surface area contributed by atoms with Crippen LogP contribution in [0.1, 0.15) is 38.2 Å². The van der Waals surface area contributed by atoms with E-state index in [1.165, 1.54) is 4.31 Å². The minimum absolute atomic E-state index is 0.00898. The molecule has 1 aromatic rings. The zero-order valence-corrected chi connectivity index (χ0v) is 12.9. The van der Waals surface area contributed by atoms with E-state index in [-0.39, 0.29) is 12.6 Å². The molecule has 2 atom stereocenters. The topological polar surface area (TPSA) is 57.6 Å². The fourth-order valence-electron chi connectivity index (χ4n) is 2.74. The van der Waals surface area contributed by atoms with Crippen LogP contribution in [0, 0.1) is 6.92 Å². The number of hydrogen-bond donors (Lipinski definition) is 1. The number of nitrogens with zero attached hydrogens (tertiary/aromatic N) is 1. The monoisotopic (exact) mass is 297 g/mol. The molecule has 0 saturated carbocycles. The third-order valence-electron chi connectivity index (χ3n) is 3.88. The Hall–Kier alpha value is -0.910. The van der Waals surface area contributed by atoms with Crippen molar-refractivity contribution in [3.05, 3.63) is 29.8 Å².